The first kappa shape index (κ1) is 16.0. The molecule has 1 amide bonds. The van der Waals surface area contributed by atoms with Crippen LogP contribution in [0.1, 0.15) is 10.4 Å². The second kappa shape index (κ2) is 6.76. The van der Waals surface area contributed by atoms with E-state index in [9.17, 15) is 9.18 Å². The van der Waals surface area contributed by atoms with E-state index in [-0.39, 0.29) is 5.56 Å². The van der Waals surface area contributed by atoms with Crippen LogP contribution < -0.4 is 5.32 Å². The van der Waals surface area contributed by atoms with E-state index >= 15 is 0 Å². The highest BCUT2D eigenvalue weighted by Gasteiger charge is 2.11. The predicted octanol–water partition coefficient (Wildman–Crippen LogP) is 5.29. The summed E-state index contributed by atoms with van der Waals surface area (Å²) in [6, 6.07) is 23.4. The number of pyridine rings is 1. The number of hydrogen-bond donors (Lipinski definition) is 1. The van der Waals surface area contributed by atoms with Crippen LogP contribution in [-0.2, 0) is 0 Å². The fourth-order valence-corrected chi connectivity index (χ4v) is 2.83. The molecule has 0 atom stereocenters. The predicted molar refractivity (Wildman–Crippen MR) is 102 cm³/mol. The van der Waals surface area contributed by atoms with Gasteiger partial charge in [-0.25, -0.2) is 4.39 Å². The third-order valence-corrected chi connectivity index (χ3v) is 4.17. The van der Waals surface area contributed by atoms with Crippen molar-refractivity contribution < 1.29 is 9.18 Å². The van der Waals surface area contributed by atoms with Crippen molar-refractivity contribution >= 4 is 22.5 Å². The Hall–Kier alpha value is -3.53. The maximum absolute atomic E-state index is 13.7. The molecule has 1 heterocycles. The van der Waals surface area contributed by atoms with E-state index < -0.39 is 11.7 Å². The molecule has 0 radical (unpaired) electrons. The lowest BCUT2D eigenvalue weighted by Gasteiger charge is -2.08. The van der Waals surface area contributed by atoms with Gasteiger partial charge >= 0.3 is 0 Å². The zero-order valence-corrected chi connectivity index (χ0v) is 13.8. The normalized spacial score (nSPS) is 10.7. The van der Waals surface area contributed by atoms with Crippen LogP contribution in [0, 0.1) is 5.82 Å². The Morgan fingerprint density at radius 3 is 2.42 bits per heavy atom. The van der Waals surface area contributed by atoms with Gasteiger partial charge in [-0.2, -0.15) is 0 Å². The molecule has 126 valence electrons. The van der Waals surface area contributed by atoms with Crippen molar-refractivity contribution in [3.63, 3.8) is 0 Å². The highest BCUT2D eigenvalue weighted by Crippen LogP contribution is 2.24. The summed E-state index contributed by atoms with van der Waals surface area (Å²) >= 11 is 0. The molecule has 0 saturated heterocycles. The van der Waals surface area contributed by atoms with Gasteiger partial charge in [-0.15, -0.1) is 0 Å². The van der Waals surface area contributed by atoms with Crippen molar-refractivity contribution in [2.75, 3.05) is 5.32 Å². The molecule has 3 nitrogen and oxygen atoms in total. The number of rotatable bonds is 3. The Kier molecular flexibility index (Phi) is 4.15. The second-order valence-corrected chi connectivity index (χ2v) is 5.93. The zero-order valence-electron chi connectivity index (χ0n) is 13.8. The summed E-state index contributed by atoms with van der Waals surface area (Å²) in [5.74, 6) is -1.03. The Morgan fingerprint density at radius 1 is 0.846 bits per heavy atom. The Balaban J connectivity index is 1.62. The molecule has 4 rings (SSSR count). The molecule has 3 aromatic carbocycles. The lowest BCUT2D eigenvalue weighted by atomic mass is 10.1. The number of amides is 1. The number of aromatic nitrogens is 1. The molecule has 0 aliphatic rings. The van der Waals surface area contributed by atoms with E-state index in [4.69, 9.17) is 0 Å². The Bertz CT molecular complexity index is 1090. The highest BCUT2D eigenvalue weighted by molar-refractivity contribution is 6.05. The van der Waals surface area contributed by atoms with E-state index in [1.165, 1.54) is 12.1 Å². The first-order valence-electron chi connectivity index (χ1n) is 8.22. The largest absolute Gasteiger partial charge is 0.322 e. The van der Waals surface area contributed by atoms with Crippen LogP contribution in [-0.4, -0.2) is 10.9 Å². The average Bonchev–Trinajstić information content (AvgIpc) is 2.68. The molecule has 1 aromatic heterocycles. The number of halogens is 1. The number of anilines is 1. The summed E-state index contributed by atoms with van der Waals surface area (Å²) in [6.07, 6.45) is 1.81. The molecular weight excluding hydrogens is 327 g/mol. The van der Waals surface area contributed by atoms with Crippen molar-refractivity contribution in [3.05, 3.63) is 96.4 Å². The van der Waals surface area contributed by atoms with Crippen LogP contribution in [0.15, 0.2) is 85.1 Å². The summed E-state index contributed by atoms with van der Waals surface area (Å²) in [5.41, 5.74) is 3.47. The molecule has 0 saturated carbocycles. The van der Waals surface area contributed by atoms with E-state index in [0.717, 1.165) is 22.0 Å². The van der Waals surface area contributed by atoms with Crippen LogP contribution in [0.2, 0.25) is 0 Å². The topological polar surface area (TPSA) is 42.0 Å². The SMILES string of the molecule is O=C(Nc1ccc2cc(-c3ccccc3)cnc2c1)c1ccccc1F. The van der Waals surface area contributed by atoms with E-state index in [0.29, 0.717) is 5.69 Å². The van der Waals surface area contributed by atoms with Gasteiger partial charge in [-0.3, -0.25) is 9.78 Å². The van der Waals surface area contributed by atoms with Crippen LogP contribution in [0.25, 0.3) is 22.0 Å². The Labute approximate surface area is 150 Å². The number of carbonyl (C=O) groups is 1. The maximum Gasteiger partial charge on any atom is 0.258 e. The number of fused-ring (bicyclic) bond motifs is 1. The fourth-order valence-electron chi connectivity index (χ4n) is 2.83. The molecule has 4 aromatic rings. The van der Waals surface area contributed by atoms with Gasteiger partial charge in [0.2, 0.25) is 0 Å². The van der Waals surface area contributed by atoms with Gasteiger partial charge in [0, 0.05) is 22.8 Å². The van der Waals surface area contributed by atoms with Gasteiger partial charge in [-0.1, -0.05) is 48.5 Å². The summed E-state index contributed by atoms with van der Waals surface area (Å²) in [4.78, 5) is 16.7. The first-order chi connectivity index (χ1) is 12.7. The first-order valence-corrected chi connectivity index (χ1v) is 8.22. The van der Waals surface area contributed by atoms with Gasteiger partial charge in [0.25, 0.3) is 5.91 Å². The molecule has 0 bridgehead atoms. The minimum absolute atomic E-state index is 0.0139. The number of nitrogens with zero attached hydrogens (tertiary/aromatic N) is 1. The zero-order chi connectivity index (χ0) is 17.9. The highest BCUT2D eigenvalue weighted by atomic mass is 19.1. The van der Waals surface area contributed by atoms with E-state index in [1.54, 1.807) is 30.5 Å². The molecular formula is C22H15FN2O. The van der Waals surface area contributed by atoms with Crippen LogP contribution in [0.5, 0.6) is 0 Å². The molecule has 0 aliphatic heterocycles. The standard InChI is InChI=1S/C22H15FN2O/c23-20-9-5-4-8-19(20)22(26)25-18-11-10-16-12-17(14-24-21(16)13-18)15-6-2-1-3-7-15/h1-14H,(H,25,26). The van der Waals surface area contributed by atoms with E-state index in [1.807, 2.05) is 36.4 Å². The van der Waals surface area contributed by atoms with Crippen molar-refractivity contribution in [1.29, 1.82) is 0 Å². The van der Waals surface area contributed by atoms with Gasteiger partial charge in [-0.05, 0) is 35.9 Å². The van der Waals surface area contributed by atoms with Crippen LogP contribution >= 0.6 is 0 Å². The van der Waals surface area contributed by atoms with Crippen LogP contribution in [0.3, 0.4) is 0 Å². The van der Waals surface area contributed by atoms with Gasteiger partial charge < -0.3 is 5.32 Å². The minimum Gasteiger partial charge on any atom is -0.322 e. The summed E-state index contributed by atoms with van der Waals surface area (Å²) in [5, 5.41) is 3.69. The van der Waals surface area contributed by atoms with E-state index in [2.05, 4.69) is 16.4 Å². The lowest BCUT2D eigenvalue weighted by molar-refractivity contribution is 0.102. The molecule has 0 spiro atoms. The molecule has 1 N–H and O–H groups in total. The maximum atomic E-state index is 13.7. The minimum atomic E-state index is -0.545. The number of nitrogens with one attached hydrogen (secondary N) is 1. The Morgan fingerprint density at radius 2 is 1.62 bits per heavy atom. The van der Waals surface area contributed by atoms with Crippen LogP contribution in [0.4, 0.5) is 10.1 Å². The summed E-state index contributed by atoms with van der Waals surface area (Å²) in [7, 11) is 0. The fraction of sp³-hybridized carbons (Fsp3) is 0. The molecule has 0 fully saturated rings. The van der Waals surface area contributed by atoms with Gasteiger partial charge in [0.05, 0.1) is 11.1 Å². The third kappa shape index (κ3) is 3.17. The molecule has 0 unspecified atom stereocenters. The van der Waals surface area contributed by atoms with Crippen molar-refractivity contribution in [1.82, 2.24) is 4.98 Å². The molecule has 4 heteroatoms. The molecule has 0 aliphatic carbocycles. The van der Waals surface area contributed by atoms with Crippen molar-refractivity contribution in [3.8, 4) is 11.1 Å². The van der Waals surface area contributed by atoms with Gasteiger partial charge in [0.15, 0.2) is 0 Å². The lowest BCUT2D eigenvalue weighted by Crippen LogP contribution is -2.13. The molecule has 26 heavy (non-hydrogen) atoms. The smallest absolute Gasteiger partial charge is 0.258 e. The summed E-state index contributed by atoms with van der Waals surface area (Å²) < 4.78 is 13.7. The van der Waals surface area contributed by atoms with Gasteiger partial charge in [0.1, 0.15) is 5.82 Å². The van der Waals surface area contributed by atoms with Crippen molar-refractivity contribution in [2.45, 2.75) is 0 Å². The number of benzene rings is 3. The monoisotopic (exact) mass is 342 g/mol. The summed E-state index contributed by atoms with van der Waals surface area (Å²) in [6.45, 7) is 0. The average molecular weight is 342 g/mol. The number of carbonyl (C=O) groups excluding carboxylic acids is 1. The third-order valence-electron chi connectivity index (χ3n) is 4.17. The quantitative estimate of drug-likeness (QED) is 0.549. The number of hydrogen-bond acceptors (Lipinski definition) is 2. The second-order valence-electron chi connectivity index (χ2n) is 5.93. The van der Waals surface area contributed by atoms with Crippen molar-refractivity contribution in [2.24, 2.45) is 0 Å².